The Labute approximate surface area is 87.1 Å². The predicted molar refractivity (Wildman–Crippen MR) is 60.1 cm³/mol. The van der Waals surface area contributed by atoms with Crippen molar-refractivity contribution in [2.24, 2.45) is 0 Å². The molecule has 0 aliphatic carbocycles. The summed E-state index contributed by atoms with van der Waals surface area (Å²) in [7, 11) is 0. The Morgan fingerprint density at radius 1 is 1.21 bits per heavy atom. The van der Waals surface area contributed by atoms with Gasteiger partial charge < -0.3 is 4.74 Å². The lowest BCUT2D eigenvalue weighted by atomic mass is 10.1. The van der Waals surface area contributed by atoms with Gasteiger partial charge in [-0.3, -0.25) is 0 Å². The van der Waals surface area contributed by atoms with Crippen molar-refractivity contribution in [3.63, 3.8) is 0 Å². The molecule has 1 aromatic carbocycles. The standard InChI is InChI=1S/C13H19O/c1-3-4-7-10-14-11-13-9-6-5-8-12(13)2/h5-6,8-9H,2-4,7,10-11H2,1H3. The smallest absolute Gasteiger partial charge is 0.0719 e. The minimum atomic E-state index is 0.698. The van der Waals surface area contributed by atoms with Crippen molar-refractivity contribution in [1.82, 2.24) is 0 Å². The molecule has 0 aliphatic rings. The van der Waals surface area contributed by atoms with Crippen LogP contribution in [0, 0.1) is 6.92 Å². The number of benzene rings is 1. The number of rotatable bonds is 6. The lowest BCUT2D eigenvalue weighted by Gasteiger charge is -2.06. The molecule has 1 heteroatoms. The third kappa shape index (κ3) is 3.93. The van der Waals surface area contributed by atoms with Crippen LogP contribution in [0.15, 0.2) is 24.3 Å². The Bertz CT molecular complexity index is 255. The van der Waals surface area contributed by atoms with E-state index in [1.165, 1.54) is 18.4 Å². The summed E-state index contributed by atoms with van der Waals surface area (Å²) >= 11 is 0. The van der Waals surface area contributed by atoms with Gasteiger partial charge in [-0.1, -0.05) is 44.0 Å². The fourth-order valence-corrected chi connectivity index (χ4v) is 1.33. The van der Waals surface area contributed by atoms with Crippen molar-refractivity contribution in [2.45, 2.75) is 32.8 Å². The summed E-state index contributed by atoms with van der Waals surface area (Å²) in [6, 6.07) is 8.12. The van der Waals surface area contributed by atoms with Crippen molar-refractivity contribution < 1.29 is 4.74 Å². The first-order valence-electron chi connectivity index (χ1n) is 5.32. The van der Waals surface area contributed by atoms with Crippen LogP contribution in [0.5, 0.6) is 0 Å². The molecule has 0 amide bonds. The SMILES string of the molecule is [CH2]c1ccccc1COCCCCC. The van der Waals surface area contributed by atoms with Crippen molar-refractivity contribution in [3.05, 3.63) is 42.3 Å². The molecule has 0 bridgehead atoms. The number of hydrogen-bond acceptors (Lipinski definition) is 1. The van der Waals surface area contributed by atoms with Gasteiger partial charge in [0.15, 0.2) is 0 Å². The second-order valence-corrected chi connectivity index (χ2v) is 3.53. The van der Waals surface area contributed by atoms with Gasteiger partial charge in [0.25, 0.3) is 0 Å². The molecule has 0 N–H and O–H groups in total. The summed E-state index contributed by atoms with van der Waals surface area (Å²) in [6.07, 6.45) is 3.66. The Morgan fingerprint density at radius 2 is 2.00 bits per heavy atom. The monoisotopic (exact) mass is 191 g/mol. The molecule has 0 saturated heterocycles. The average Bonchev–Trinajstić information content (AvgIpc) is 2.20. The molecule has 0 spiro atoms. The van der Waals surface area contributed by atoms with Crippen molar-refractivity contribution >= 4 is 0 Å². The van der Waals surface area contributed by atoms with Gasteiger partial charge in [-0.15, -0.1) is 0 Å². The molecule has 0 aromatic heterocycles. The highest BCUT2D eigenvalue weighted by Gasteiger charge is 1.96. The van der Waals surface area contributed by atoms with E-state index < -0.39 is 0 Å². The minimum Gasteiger partial charge on any atom is -0.377 e. The van der Waals surface area contributed by atoms with Gasteiger partial charge in [0.05, 0.1) is 6.61 Å². The molecule has 1 aromatic rings. The van der Waals surface area contributed by atoms with Gasteiger partial charge in [0.2, 0.25) is 0 Å². The summed E-state index contributed by atoms with van der Waals surface area (Å²) in [5.74, 6) is 0. The van der Waals surface area contributed by atoms with Gasteiger partial charge in [0.1, 0.15) is 0 Å². The zero-order chi connectivity index (χ0) is 10.2. The van der Waals surface area contributed by atoms with Gasteiger partial charge in [-0.05, 0) is 24.5 Å². The van der Waals surface area contributed by atoms with Gasteiger partial charge in [-0.2, -0.15) is 0 Å². The molecule has 14 heavy (non-hydrogen) atoms. The van der Waals surface area contributed by atoms with E-state index >= 15 is 0 Å². The largest absolute Gasteiger partial charge is 0.377 e. The highest BCUT2D eigenvalue weighted by Crippen LogP contribution is 2.08. The van der Waals surface area contributed by atoms with Gasteiger partial charge in [0, 0.05) is 6.61 Å². The van der Waals surface area contributed by atoms with Crippen LogP contribution in [0.2, 0.25) is 0 Å². The maximum atomic E-state index is 5.56. The fourth-order valence-electron chi connectivity index (χ4n) is 1.33. The van der Waals surface area contributed by atoms with E-state index in [2.05, 4.69) is 19.9 Å². The Hall–Kier alpha value is -0.820. The van der Waals surface area contributed by atoms with Crippen molar-refractivity contribution in [2.75, 3.05) is 6.61 Å². The maximum absolute atomic E-state index is 5.56. The van der Waals surface area contributed by atoms with Crippen LogP contribution in [0.3, 0.4) is 0 Å². The predicted octanol–water partition coefficient (Wildman–Crippen LogP) is 3.58. The molecule has 77 valence electrons. The number of hydrogen-bond donors (Lipinski definition) is 0. The van der Waals surface area contributed by atoms with Gasteiger partial charge in [-0.25, -0.2) is 0 Å². The topological polar surface area (TPSA) is 9.23 Å². The van der Waals surface area contributed by atoms with E-state index in [9.17, 15) is 0 Å². The van der Waals surface area contributed by atoms with Crippen LogP contribution in [0.1, 0.15) is 37.3 Å². The molecule has 1 nitrogen and oxygen atoms in total. The first-order chi connectivity index (χ1) is 6.84. The van der Waals surface area contributed by atoms with E-state index in [1.807, 2.05) is 18.2 Å². The lowest BCUT2D eigenvalue weighted by molar-refractivity contribution is 0.117. The quantitative estimate of drug-likeness (QED) is 0.624. The minimum absolute atomic E-state index is 0.698. The summed E-state index contributed by atoms with van der Waals surface area (Å²) in [5, 5.41) is 0. The van der Waals surface area contributed by atoms with Crippen LogP contribution in [0.25, 0.3) is 0 Å². The summed E-state index contributed by atoms with van der Waals surface area (Å²) in [4.78, 5) is 0. The fraction of sp³-hybridized carbons (Fsp3) is 0.462. The van der Waals surface area contributed by atoms with E-state index in [4.69, 9.17) is 4.74 Å². The molecule has 0 aliphatic heterocycles. The third-order valence-corrected chi connectivity index (χ3v) is 2.27. The van der Waals surface area contributed by atoms with Crippen LogP contribution >= 0.6 is 0 Å². The Morgan fingerprint density at radius 3 is 2.71 bits per heavy atom. The van der Waals surface area contributed by atoms with E-state index in [0.717, 1.165) is 18.6 Å². The maximum Gasteiger partial charge on any atom is 0.0719 e. The normalized spacial score (nSPS) is 10.4. The number of ether oxygens (including phenoxy) is 1. The first kappa shape index (κ1) is 11.3. The highest BCUT2D eigenvalue weighted by molar-refractivity contribution is 5.28. The summed E-state index contributed by atoms with van der Waals surface area (Å²) < 4.78 is 5.56. The molecular weight excluding hydrogens is 172 g/mol. The molecule has 1 radical (unpaired) electrons. The zero-order valence-corrected chi connectivity index (χ0v) is 8.96. The number of unbranched alkanes of at least 4 members (excludes halogenated alkanes) is 2. The Balaban J connectivity index is 2.21. The zero-order valence-electron chi connectivity index (χ0n) is 8.96. The van der Waals surface area contributed by atoms with Crippen LogP contribution in [-0.4, -0.2) is 6.61 Å². The average molecular weight is 191 g/mol. The molecule has 0 fully saturated rings. The third-order valence-electron chi connectivity index (χ3n) is 2.27. The molecule has 0 saturated carbocycles. The van der Waals surface area contributed by atoms with Crippen LogP contribution < -0.4 is 0 Å². The lowest BCUT2D eigenvalue weighted by Crippen LogP contribution is -1.97. The van der Waals surface area contributed by atoms with E-state index in [1.54, 1.807) is 0 Å². The Kier molecular flexibility index (Phi) is 5.31. The van der Waals surface area contributed by atoms with E-state index in [-0.39, 0.29) is 0 Å². The summed E-state index contributed by atoms with van der Waals surface area (Å²) in [5.41, 5.74) is 2.27. The molecular formula is C13H19O. The van der Waals surface area contributed by atoms with Gasteiger partial charge >= 0.3 is 0 Å². The molecule has 0 atom stereocenters. The van der Waals surface area contributed by atoms with Crippen LogP contribution in [0.4, 0.5) is 0 Å². The van der Waals surface area contributed by atoms with Crippen molar-refractivity contribution in [3.8, 4) is 0 Å². The van der Waals surface area contributed by atoms with Crippen molar-refractivity contribution in [1.29, 1.82) is 0 Å². The first-order valence-corrected chi connectivity index (χ1v) is 5.32. The molecule has 1 rings (SSSR count). The molecule has 0 heterocycles. The van der Waals surface area contributed by atoms with E-state index in [0.29, 0.717) is 6.61 Å². The summed E-state index contributed by atoms with van der Waals surface area (Å²) in [6.45, 7) is 7.72. The molecule has 0 unspecified atom stereocenters. The highest BCUT2D eigenvalue weighted by atomic mass is 16.5. The second kappa shape index (κ2) is 6.61. The van der Waals surface area contributed by atoms with Crippen LogP contribution in [-0.2, 0) is 11.3 Å². The second-order valence-electron chi connectivity index (χ2n) is 3.53.